The van der Waals surface area contributed by atoms with Gasteiger partial charge < -0.3 is 9.47 Å². The first-order valence-electron chi connectivity index (χ1n) is 4.61. The monoisotopic (exact) mass is 232 g/mol. The molecule has 4 nitrogen and oxygen atoms in total. The van der Waals surface area contributed by atoms with Crippen molar-refractivity contribution < 1.29 is 18.3 Å². The summed E-state index contributed by atoms with van der Waals surface area (Å²) in [5.41, 5.74) is 2.06. The van der Waals surface area contributed by atoms with Gasteiger partial charge in [0.05, 0.1) is 0 Å². The number of nitrogens with one attached hydrogen (secondary N) is 1. The second-order valence-electron chi connectivity index (χ2n) is 3.12. The van der Waals surface area contributed by atoms with E-state index in [1.165, 1.54) is 20.3 Å². The Bertz CT molecular complexity index is 325. The lowest BCUT2D eigenvalue weighted by molar-refractivity contribution is -0.125. The lowest BCUT2D eigenvalue weighted by Crippen LogP contribution is -2.39. The van der Waals surface area contributed by atoms with Crippen molar-refractivity contribution in [2.45, 2.75) is 12.3 Å². The van der Waals surface area contributed by atoms with Gasteiger partial charge >= 0.3 is 0 Å². The van der Waals surface area contributed by atoms with Crippen LogP contribution in [0.2, 0.25) is 0 Å². The second kappa shape index (κ2) is 5.86. The first-order valence-corrected chi connectivity index (χ1v) is 4.61. The van der Waals surface area contributed by atoms with Crippen LogP contribution in [0.25, 0.3) is 0 Å². The Morgan fingerprint density at radius 1 is 1.19 bits per heavy atom. The topological polar surface area (TPSA) is 56.5 Å². The molecule has 0 heterocycles. The second-order valence-corrected chi connectivity index (χ2v) is 3.12. The molecule has 1 unspecified atom stereocenters. The summed E-state index contributed by atoms with van der Waals surface area (Å²) in [6.07, 6.45) is -0.878. The summed E-state index contributed by atoms with van der Waals surface area (Å²) in [4.78, 5) is 0. The van der Waals surface area contributed by atoms with Gasteiger partial charge in [-0.2, -0.15) is 0 Å². The van der Waals surface area contributed by atoms with Crippen LogP contribution in [0.15, 0.2) is 18.2 Å². The molecule has 0 aliphatic heterocycles. The summed E-state index contributed by atoms with van der Waals surface area (Å²) in [6.45, 7) is 0. The van der Waals surface area contributed by atoms with Gasteiger partial charge in [-0.25, -0.2) is 14.2 Å². The number of benzene rings is 1. The van der Waals surface area contributed by atoms with Crippen molar-refractivity contribution in [2.24, 2.45) is 5.84 Å². The van der Waals surface area contributed by atoms with Crippen molar-refractivity contribution in [2.75, 3.05) is 14.2 Å². The molecule has 0 fully saturated rings. The average Bonchev–Trinajstić information content (AvgIpc) is 2.28. The molecule has 3 N–H and O–H groups in total. The van der Waals surface area contributed by atoms with Crippen LogP contribution in [-0.2, 0) is 9.47 Å². The number of hydrogen-bond acceptors (Lipinski definition) is 4. The minimum atomic E-state index is -0.920. The smallest absolute Gasteiger partial charge is 0.177 e. The zero-order chi connectivity index (χ0) is 12.1. The van der Waals surface area contributed by atoms with E-state index >= 15 is 0 Å². The average molecular weight is 232 g/mol. The van der Waals surface area contributed by atoms with Gasteiger partial charge in [0.1, 0.15) is 17.7 Å². The summed E-state index contributed by atoms with van der Waals surface area (Å²) in [5, 5.41) is 0. The number of halogens is 2. The van der Waals surface area contributed by atoms with Gasteiger partial charge in [-0.3, -0.25) is 5.84 Å². The lowest BCUT2D eigenvalue weighted by Gasteiger charge is -2.24. The molecule has 16 heavy (non-hydrogen) atoms. The number of hydrazine groups is 1. The van der Waals surface area contributed by atoms with Crippen molar-refractivity contribution in [1.29, 1.82) is 0 Å². The molecular formula is C10H14F2N2O2. The van der Waals surface area contributed by atoms with Crippen LogP contribution in [0.5, 0.6) is 0 Å². The molecule has 1 aromatic rings. The van der Waals surface area contributed by atoms with E-state index in [-0.39, 0.29) is 5.56 Å². The van der Waals surface area contributed by atoms with Crippen LogP contribution in [0.3, 0.4) is 0 Å². The number of hydrogen-bond donors (Lipinski definition) is 2. The highest BCUT2D eigenvalue weighted by Gasteiger charge is 2.27. The summed E-state index contributed by atoms with van der Waals surface area (Å²) in [6, 6.07) is 2.64. The Morgan fingerprint density at radius 3 is 2.06 bits per heavy atom. The Morgan fingerprint density at radius 2 is 1.69 bits per heavy atom. The van der Waals surface area contributed by atoms with Crippen molar-refractivity contribution in [3.8, 4) is 0 Å². The van der Waals surface area contributed by atoms with Crippen LogP contribution < -0.4 is 11.3 Å². The van der Waals surface area contributed by atoms with Gasteiger partial charge in [-0.15, -0.1) is 0 Å². The Labute approximate surface area is 92.3 Å². The predicted molar refractivity (Wildman–Crippen MR) is 54.2 cm³/mol. The zero-order valence-corrected chi connectivity index (χ0v) is 9.04. The molecular weight excluding hydrogens is 218 g/mol. The SMILES string of the molecule is COC(OC)C(NN)c1c(F)cccc1F. The number of rotatable bonds is 5. The molecule has 0 spiro atoms. The van der Waals surface area contributed by atoms with Crippen LogP contribution in [0.4, 0.5) is 8.78 Å². The van der Waals surface area contributed by atoms with Crippen molar-refractivity contribution in [3.63, 3.8) is 0 Å². The van der Waals surface area contributed by atoms with Gasteiger partial charge in [0.15, 0.2) is 6.29 Å². The van der Waals surface area contributed by atoms with E-state index in [1.54, 1.807) is 0 Å². The van der Waals surface area contributed by atoms with E-state index in [0.717, 1.165) is 12.1 Å². The fourth-order valence-corrected chi connectivity index (χ4v) is 1.47. The molecule has 0 bridgehead atoms. The molecule has 0 radical (unpaired) electrons. The molecule has 1 aromatic carbocycles. The molecule has 1 rings (SSSR count). The maximum atomic E-state index is 13.5. The highest BCUT2D eigenvalue weighted by Crippen LogP contribution is 2.24. The Balaban J connectivity index is 3.12. The van der Waals surface area contributed by atoms with E-state index in [4.69, 9.17) is 15.3 Å². The van der Waals surface area contributed by atoms with Crippen molar-refractivity contribution >= 4 is 0 Å². The number of methoxy groups -OCH3 is 2. The van der Waals surface area contributed by atoms with Crippen LogP contribution in [0, 0.1) is 11.6 Å². The normalized spacial score (nSPS) is 13.1. The summed E-state index contributed by atoms with van der Waals surface area (Å²) >= 11 is 0. The van der Waals surface area contributed by atoms with E-state index in [0.29, 0.717) is 0 Å². The molecule has 1 atom stereocenters. The third kappa shape index (κ3) is 2.53. The largest absolute Gasteiger partial charge is 0.354 e. The quantitative estimate of drug-likeness (QED) is 0.453. The third-order valence-electron chi connectivity index (χ3n) is 2.23. The van der Waals surface area contributed by atoms with Gasteiger partial charge in [-0.1, -0.05) is 6.07 Å². The molecule has 0 aliphatic rings. The summed E-state index contributed by atoms with van der Waals surface area (Å²) < 4.78 is 36.8. The Kier molecular flexibility index (Phi) is 4.75. The van der Waals surface area contributed by atoms with Gasteiger partial charge in [0, 0.05) is 19.8 Å². The molecule has 6 heteroatoms. The molecule has 0 saturated carbocycles. The standard InChI is InChI=1S/C10H14F2N2O2/c1-15-10(16-2)9(14-13)8-6(11)4-3-5-7(8)12/h3-5,9-10,14H,13H2,1-2H3. The van der Waals surface area contributed by atoms with Gasteiger partial charge in [0.25, 0.3) is 0 Å². The maximum Gasteiger partial charge on any atom is 0.177 e. The minimum Gasteiger partial charge on any atom is -0.354 e. The fourth-order valence-electron chi connectivity index (χ4n) is 1.47. The molecule has 0 aromatic heterocycles. The molecule has 90 valence electrons. The van der Waals surface area contributed by atoms with Crippen molar-refractivity contribution in [1.82, 2.24) is 5.43 Å². The van der Waals surface area contributed by atoms with Crippen LogP contribution >= 0.6 is 0 Å². The zero-order valence-electron chi connectivity index (χ0n) is 9.04. The number of ether oxygens (including phenoxy) is 2. The fraction of sp³-hybridized carbons (Fsp3) is 0.400. The minimum absolute atomic E-state index is 0.210. The van der Waals surface area contributed by atoms with E-state index in [1.807, 2.05) is 0 Å². The predicted octanol–water partition coefficient (Wildman–Crippen LogP) is 1.09. The van der Waals surface area contributed by atoms with Crippen molar-refractivity contribution in [3.05, 3.63) is 35.4 Å². The van der Waals surface area contributed by atoms with Gasteiger partial charge in [-0.05, 0) is 12.1 Å². The summed E-state index contributed by atoms with van der Waals surface area (Å²) in [7, 11) is 2.72. The lowest BCUT2D eigenvalue weighted by atomic mass is 10.1. The Hall–Kier alpha value is -1.08. The third-order valence-corrected chi connectivity index (χ3v) is 2.23. The maximum absolute atomic E-state index is 13.5. The van der Waals surface area contributed by atoms with E-state index in [2.05, 4.69) is 5.43 Å². The van der Waals surface area contributed by atoms with Gasteiger partial charge in [0.2, 0.25) is 0 Å². The molecule has 0 saturated heterocycles. The van der Waals surface area contributed by atoms with Crippen LogP contribution in [0.1, 0.15) is 11.6 Å². The van der Waals surface area contributed by atoms with Crippen LogP contribution in [-0.4, -0.2) is 20.5 Å². The highest BCUT2D eigenvalue weighted by atomic mass is 19.1. The molecule has 0 amide bonds. The van der Waals surface area contributed by atoms with E-state index < -0.39 is 24.0 Å². The highest BCUT2D eigenvalue weighted by molar-refractivity contribution is 5.23. The first-order chi connectivity index (χ1) is 7.65. The molecule has 0 aliphatic carbocycles. The van der Waals surface area contributed by atoms with E-state index in [9.17, 15) is 8.78 Å². The summed E-state index contributed by atoms with van der Waals surface area (Å²) in [5.74, 6) is 3.84. The first kappa shape index (κ1) is 13.0. The number of nitrogens with two attached hydrogens (primary N) is 1.